The van der Waals surface area contributed by atoms with Gasteiger partial charge in [-0.05, 0) is 35.8 Å². The van der Waals surface area contributed by atoms with Gasteiger partial charge in [0.15, 0.2) is 0 Å². The van der Waals surface area contributed by atoms with Gasteiger partial charge in [-0.2, -0.15) is 0 Å². The maximum Gasteiger partial charge on any atom is 0.0897 e. The topological polar surface area (TPSA) is 24.9 Å². The predicted molar refractivity (Wildman–Crippen MR) is 74.2 cm³/mol. The zero-order chi connectivity index (χ0) is 11.5. The summed E-state index contributed by atoms with van der Waals surface area (Å²) in [4.78, 5) is 7.11. The lowest BCUT2D eigenvalue weighted by Crippen LogP contribution is -2.11. The second kappa shape index (κ2) is 5.40. The number of nitrogens with zero attached hydrogens (tertiary/aromatic N) is 1. The number of hydrogen-bond donors (Lipinski definition) is 1. The largest absolute Gasteiger partial charge is 0.306 e. The Hall–Kier alpha value is -0.230. The molecule has 0 atom stereocenters. The molecule has 2 nitrogen and oxygen atoms in total. The Morgan fingerprint density at radius 1 is 1.38 bits per heavy atom. The Morgan fingerprint density at radius 3 is 2.75 bits per heavy atom. The second-order valence-electron chi connectivity index (χ2n) is 3.58. The van der Waals surface area contributed by atoms with Gasteiger partial charge in [-0.3, -0.25) is 0 Å². The van der Waals surface area contributed by atoms with Gasteiger partial charge in [0, 0.05) is 32.7 Å². The van der Waals surface area contributed by atoms with E-state index in [4.69, 9.17) is 0 Å². The van der Waals surface area contributed by atoms with Crippen LogP contribution in [0.4, 0.5) is 0 Å². The number of aromatic nitrogens is 1. The molecule has 0 aliphatic rings. The molecule has 0 aliphatic heterocycles. The highest BCUT2D eigenvalue weighted by molar-refractivity contribution is 9.10. The second-order valence-corrected chi connectivity index (χ2v) is 6.84. The lowest BCUT2D eigenvalue weighted by Gasteiger charge is -1.99. The molecule has 2 rings (SSSR count). The Labute approximate surface area is 112 Å². The molecule has 2 aromatic heterocycles. The lowest BCUT2D eigenvalue weighted by atomic mass is 10.4. The number of rotatable bonds is 4. The average Bonchev–Trinajstić information content (AvgIpc) is 2.75. The van der Waals surface area contributed by atoms with Crippen molar-refractivity contribution in [1.29, 1.82) is 0 Å². The fraction of sp³-hybridized carbons (Fsp3) is 0.364. The average molecular weight is 317 g/mol. The highest BCUT2D eigenvalue weighted by atomic mass is 79.9. The van der Waals surface area contributed by atoms with Crippen molar-refractivity contribution in [1.82, 2.24) is 10.3 Å². The molecule has 0 aromatic carbocycles. The number of hydrogen-bond acceptors (Lipinski definition) is 4. The Bertz CT molecular complexity index is 457. The maximum atomic E-state index is 4.41. The molecule has 86 valence electrons. The quantitative estimate of drug-likeness (QED) is 0.926. The van der Waals surface area contributed by atoms with Crippen LogP contribution in [0.2, 0.25) is 0 Å². The van der Waals surface area contributed by atoms with E-state index in [1.54, 1.807) is 11.3 Å². The highest BCUT2D eigenvalue weighted by Gasteiger charge is 2.03. The van der Waals surface area contributed by atoms with Crippen molar-refractivity contribution in [2.24, 2.45) is 0 Å². The van der Waals surface area contributed by atoms with Crippen LogP contribution >= 0.6 is 38.6 Å². The highest BCUT2D eigenvalue weighted by Crippen LogP contribution is 2.26. The fourth-order valence-corrected chi connectivity index (χ4v) is 3.59. The summed E-state index contributed by atoms with van der Waals surface area (Å²) in [7, 11) is 0. The molecule has 0 radical (unpaired) electrons. The lowest BCUT2D eigenvalue weighted by molar-refractivity contribution is 0.688. The normalized spacial score (nSPS) is 10.9. The smallest absolute Gasteiger partial charge is 0.0897 e. The minimum Gasteiger partial charge on any atom is -0.306 e. The molecule has 0 unspecified atom stereocenters. The first-order chi connectivity index (χ1) is 7.65. The third kappa shape index (κ3) is 3.13. The van der Waals surface area contributed by atoms with Crippen molar-refractivity contribution in [2.75, 3.05) is 0 Å². The van der Waals surface area contributed by atoms with Gasteiger partial charge in [0.05, 0.1) is 10.7 Å². The molecule has 0 bridgehead atoms. The van der Waals surface area contributed by atoms with E-state index in [1.807, 2.05) is 18.3 Å². The third-order valence-electron chi connectivity index (χ3n) is 2.18. The SMILES string of the molecule is Cc1nc(CNCc2cc(Br)c(C)s2)cs1. The van der Waals surface area contributed by atoms with Gasteiger partial charge in [-0.25, -0.2) is 4.98 Å². The van der Waals surface area contributed by atoms with Crippen molar-refractivity contribution >= 4 is 38.6 Å². The van der Waals surface area contributed by atoms with Crippen LogP contribution in [0.3, 0.4) is 0 Å². The van der Waals surface area contributed by atoms with Crippen LogP contribution < -0.4 is 5.32 Å². The summed E-state index contributed by atoms with van der Waals surface area (Å²) < 4.78 is 1.21. The number of halogens is 1. The summed E-state index contributed by atoms with van der Waals surface area (Å²) in [5, 5.41) is 6.65. The molecule has 2 heterocycles. The van der Waals surface area contributed by atoms with E-state index in [2.05, 4.69) is 44.6 Å². The van der Waals surface area contributed by atoms with Crippen molar-refractivity contribution < 1.29 is 0 Å². The van der Waals surface area contributed by atoms with Gasteiger partial charge in [-0.15, -0.1) is 22.7 Å². The summed E-state index contributed by atoms with van der Waals surface area (Å²) in [6, 6.07) is 2.18. The standard InChI is InChI=1S/C11H13BrN2S2/c1-7-11(12)3-10(16-7)5-13-4-9-6-15-8(2)14-9/h3,6,13H,4-5H2,1-2H3. The molecular weight excluding hydrogens is 304 g/mol. The van der Waals surface area contributed by atoms with E-state index in [9.17, 15) is 0 Å². The predicted octanol–water partition coefficient (Wildman–Crippen LogP) is 3.87. The molecule has 5 heteroatoms. The maximum absolute atomic E-state index is 4.41. The van der Waals surface area contributed by atoms with Gasteiger partial charge in [0.2, 0.25) is 0 Å². The Kier molecular flexibility index (Phi) is 4.13. The summed E-state index contributed by atoms with van der Waals surface area (Å²) >= 11 is 7.06. The van der Waals surface area contributed by atoms with Gasteiger partial charge >= 0.3 is 0 Å². The van der Waals surface area contributed by atoms with Gasteiger partial charge in [-0.1, -0.05) is 0 Å². The van der Waals surface area contributed by atoms with Gasteiger partial charge < -0.3 is 5.32 Å². The van der Waals surface area contributed by atoms with Gasteiger partial charge in [0.1, 0.15) is 0 Å². The van der Waals surface area contributed by atoms with Crippen LogP contribution in [0.1, 0.15) is 20.5 Å². The monoisotopic (exact) mass is 316 g/mol. The number of nitrogens with one attached hydrogen (secondary N) is 1. The van der Waals surface area contributed by atoms with Gasteiger partial charge in [0.25, 0.3) is 0 Å². The van der Waals surface area contributed by atoms with Crippen LogP contribution in [-0.4, -0.2) is 4.98 Å². The van der Waals surface area contributed by atoms with Crippen molar-refractivity contribution in [2.45, 2.75) is 26.9 Å². The van der Waals surface area contributed by atoms with E-state index in [1.165, 1.54) is 14.2 Å². The van der Waals surface area contributed by atoms with Crippen molar-refractivity contribution in [3.63, 3.8) is 0 Å². The molecule has 0 amide bonds. The summed E-state index contributed by atoms with van der Waals surface area (Å²) in [5.74, 6) is 0. The molecule has 0 saturated heterocycles. The van der Waals surface area contributed by atoms with Crippen molar-refractivity contribution in [3.8, 4) is 0 Å². The number of thiazole rings is 1. The molecule has 0 fully saturated rings. The minimum atomic E-state index is 0.846. The first kappa shape index (κ1) is 12.2. The third-order valence-corrected chi connectivity index (χ3v) is 5.14. The first-order valence-corrected chi connectivity index (χ1v) is 7.50. The molecule has 0 saturated carbocycles. The zero-order valence-electron chi connectivity index (χ0n) is 9.21. The Balaban J connectivity index is 1.84. The zero-order valence-corrected chi connectivity index (χ0v) is 12.4. The van der Waals surface area contributed by atoms with E-state index in [-0.39, 0.29) is 0 Å². The van der Waals surface area contributed by atoms with Crippen LogP contribution in [0.25, 0.3) is 0 Å². The van der Waals surface area contributed by atoms with E-state index in [0.29, 0.717) is 0 Å². The van der Waals surface area contributed by atoms with Crippen LogP contribution in [0.15, 0.2) is 15.9 Å². The number of thiophene rings is 1. The molecule has 16 heavy (non-hydrogen) atoms. The molecular formula is C11H13BrN2S2. The van der Waals surface area contributed by atoms with Crippen LogP contribution in [0.5, 0.6) is 0 Å². The van der Waals surface area contributed by atoms with Crippen LogP contribution in [0, 0.1) is 13.8 Å². The fourth-order valence-electron chi connectivity index (χ4n) is 1.41. The minimum absolute atomic E-state index is 0.846. The molecule has 2 aromatic rings. The van der Waals surface area contributed by atoms with E-state index < -0.39 is 0 Å². The first-order valence-electron chi connectivity index (χ1n) is 5.01. The van der Waals surface area contributed by atoms with E-state index >= 15 is 0 Å². The summed E-state index contributed by atoms with van der Waals surface area (Å²) in [6.07, 6.45) is 0. The summed E-state index contributed by atoms with van der Waals surface area (Å²) in [6.45, 7) is 5.92. The van der Waals surface area contributed by atoms with Crippen molar-refractivity contribution in [3.05, 3.63) is 36.4 Å². The number of aryl methyl sites for hydroxylation is 2. The molecule has 0 aliphatic carbocycles. The van der Waals surface area contributed by atoms with Crippen LogP contribution in [-0.2, 0) is 13.1 Å². The summed E-state index contributed by atoms with van der Waals surface area (Å²) in [5.41, 5.74) is 1.13. The molecule has 1 N–H and O–H groups in total. The Morgan fingerprint density at radius 2 is 2.19 bits per heavy atom. The van der Waals surface area contributed by atoms with E-state index in [0.717, 1.165) is 23.8 Å². The molecule has 0 spiro atoms.